The minimum atomic E-state index is -0.614. The number of rotatable bonds is 6. The Morgan fingerprint density at radius 3 is 2.95 bits per heavy atom. The quantitative estimate of drug-likeness (QED) is 0.609. The number of nitrogens with one attached hydrogen (secondary N) is 2. The number of benzene rings is 1. The van der Waals surface area contributed by atoms with Gasteiger partial charge in [0.1, 0.15) is 12.2 Å². The molecule has 1 unspecified atom stereocenters. The largest absolute Gasteiger partial charge is 0.355 e. The van der Waals surface area contributed by atoms with Crippen LogP contribution in [0.2, 0.25) is 0 Å². The highest BCUT2D eigenvalue weighted by Gasteiger charge is 2.23. The molecular formula is C16H20N2O3. The molecule has 21 heavy (non-hydrogen) atoms. The summed E-state index contributed by atoms with van der Waals surface area (Å²) in [5, 5.41) is 5.91. The number of hydrogen-bond donors (Lipinski definition) is 2. The van der Waals surface area contributed by atoms with E-state index in [1.165, 1.54) is 6.08 Å². The van der Waals surface area contributed by atoms with Crippen molar-refractivity contribution in [1.29, 1.82) is 0 Å². The molecule has 0 spiro atoms. The molecule has 1 aliphatic heterocycles. The molecule has 1 amide bonds. The summed E-state index contributed by atoms with van der Waals surface area (Å²) in [6, 6.07) is 9.34. The van der Waals surface area contributed by atoms with E-state index in [0.717, 1.165) is 24.8 Å². The third kappa shape index (κ3) is 5.16. The Kier molecular flexibility index (Phi) is 6.16. The van der Waals surface area contributed by atoms with Crippen LogP contribution in [0, 0.1) is 0 Å². The van der Waals surface area contributed by atoms with Gasteiger partial charge >= 0.3 is 0 Å². The van der Waals surface area contributed by atoms with E-state index in [9.17, 15) is 9.59 Å². The second-order valence-electron chi connectivity index (χ2n) is 5.01. The maximum absolute atomic E-state index is 11.9. The van der Waals surface area contributed by atoms with Crippen molar-refractivity contribution in [3.8, 4) is 0 Å². The summed E-state index contributed by atoms with van der Waals surface area (Å²) in [4.78, 5) is 22.5. The molecule has 0 saturated carbocycles. The lowest BCUT2D eigenvalue weighted by Gasteiger charge is -2.21. The van der Waals surface area contributed by atoms with Crippen LogP contribution in [0.3, 0.4) is 0 Å². The Hall–Kier alpha value is -1.94. The van der Waals surface area contributed by atoms with Gasteiger partial charge in [0, 0.05) is 12.6 Å². The monoisotopic (exact) mass is 288 g/mol. The minimum Gasteiger partial charge on any atom is -0.355 e. The summed E-state index contributed by atoms with van der Waals surface area (Å²) < 4.78 is 5.65. The number of ether oxygens (including phenoxy) is 1. The van der Waals surface area contributed by atoms with Crippen molar-refractivity contribution in [3.63, 3.8) is 0 Å². The van der Waals surface area contributed by atoms with E-state index in [1.54, 1.807) is 5.94 Å². The van der Waals surface area contributed by atoms with Gasteiger partial charge in [0.25, 0.3) is 0 Å². The molecular weight excluding hydrogens is 268 g/mol. The Balaban J connectivity index is 1.91. The van der Waals surface area contributed by atoms with Gasteiger partial charge in [0.2, 0.25) is 5.91 Å². The molecule has 1 aromatic carbocycles. The standard InChI is InChI=1S/C16H20N2O3/c19-11-9-15(21-12-13-6-2-1-3-7-13)18-14-8-4-5-10-17-16(14)20/h1-3,6-7,9,14-15,18H,4-5,8,10,12H2,(H,17,20)/t14-,15?/m0/s1. The lowest BCUT2D eigenvalue weighted by Crippen LogP contribution is -2.47. The van der Waals surface area contributed by atoms with Crippen molar-refractivity contribution < 1.29 is 14.3 Å². The predicted octanol–water partition coefficient (Wildman–Crippen LogP) is 1.18. The smallest absolute Gasteiger partial charge is 0.237 e. The van der Waals surface area contributed by atoms with E-state index in [2.05, 4.69) is 10.6 Å². The van der Waals surface area contributed by atoms with Crippen molar-refractivity contribution in [2.45, 2.75) is 38.1 Å². The molecule has 1 heterocycles. The second kappa shape index (κ2) is 8.37. The van der Waals surface area contributed by atoms with Crippen molar-refractivity contribution in [1.82, 2.24) is 10.6 Å². The Morgan fingerprint density at radius 2 is 2.19 bits per heavy atom. The molecule has 5 heteroatoms. The minimum absolute atomic E-state index is 0.0416. The maximum Gasteiger partial charge on any atom is 0.237 e. The highest BCUT2D eigenvalue weighted by molar-refractivity contribution is 5.82. The summed E-state index contributed by atoms with van der Waals surface area (Å²) in [5.74, 6) is 1.69. The Labute approximate surface area is 124 Å². The third-order valence-corrected chi connectivity index (χ3v) is 3.39. The number of hydrogen-bond acceptors (Lipinski definition) is 4. The fourth-order valence-corrected chi connectivity index (χ4v) is 2.26. The van der Waals surface area contributed by atoms with Crippen molar-refractivity contribution >= 4 is 11.8 Å². The molecule has 5 nitrogen and oxygen atoms in total. The van der Waals surface area contributed by atoms with Crippen LogP contribution in [0.25, 0.3) is 0 Å². The van der Waals surface area contributed by atoms with E-state index in [4.69, 9.17) is 4.74 Å². The van der Waals surface area contributed by atoms with Crippen molar-refractivity contribution in [3.05, 3.63) is 42.0 Å². The number of carbonyl (C=O) groups excluding carboxylic acids is 2. The van der Waals surface area contributed by atoms with Crippen LogP contribution < -0.4 is 10.6 Å². The molecule has 1 fully saturated rings. The lowest BCUT2D eigenvalue weighted by atomic mass is 10.1. The highest BCUT2D eigenvalue weighted by Crippen LogP contribution is 2.08. The molecule has 2 N–H and O–H groups in total. The van der Waals surface area contributed by atoms with Crippen LogP contribution in [0.1, 0.15) is 24.8 Å². The van der Waals surface area contributed by atoms with E-state index in [-0.39, 0.29) is 11.9 Å². The molecule has 1 aromatic rings. The third-order valence-electron chi connectivity index (χ3n) is 3.39. The number of carbonyl (C=O) groups is 1. The van der Waals surface area contributed by atoms with Crippen molar-refractivity contribution in [2.75, 3.05) is 6.54 Å². The Bertz CT molecular complexity index is 498. The van der Waals surface area contributed by atoms with Crippen LogP contribution in [-0.2, 0) is 20.9 Å². The van der Waals surface area contributed by atoms with Gasteiger partial charge in [-0.1, -0.05) is 30.3 Å². The fraction of sp³-hybridized carbons (Fsp3) is 0.438. The maximum atomic E-state index is 11.9. The summed E-state index contributed by atoms with van der Waals surface area (Å²) in [6.45, 7) is 1.07. The first kappa shape index (κ1) is 15.4. The van der Waals surface area contributed by atoms with Gasteiger partial charge in [0.05, 0.1) is 12.6 Å². The van der Waals surface area contributed by atoms with Crippen molar-refractivity contribution in [2.24, 2.45) is 0 Å². The average Bonchev–Trinajstić information content (AvgIpc) is 2.71. The average molecular weight is 288 g/mol. The molecule has 0 radical (unpaired) electrons. The lowest BCUT2D eigenvalue weighted by molar-refractivity contribution is -0.124. The molecule has 2 rings (SSSR count). The summed E-state index contributed by atoms with van der Waals surface area (Å²) >= 11 is 0. The van der Waals surface area contributed by atoms with Gasteiger partial charge < -0.3 is 10.1 Å². The van der Waals surface area contributed by atoms with Gasteiger partial charge in [-0.2, -0.15) is 0 Å². The molecule has 0 aromatic heterocycles. The summed E-state index contributed by atoms with van der Waals surface area (Å²) in [5.41, 5.74) is 1.01. The highest BCUT2D eigenvalue weighted by atomic mass is 16.5. The first-order valence-corrected chi connectivity index (χ1v) is 7.20. The Morgan fingerprint density at radius 1 is 1.38 bits per heavy atom. The van der Waals surface area contributed by atoms with Crippen LogP contribution in [0.15, 0.2) is 36.4 Å². The molecule has 0 aliphatic carbocycles. The van der Waals surface area contributed by atoms with Gasteiger partial charge in [-0.25, -0.2) is 4.79 Å². The first-order valence-electron chi connectivity index (χ1n) is 7.20. The van der Waals surface area contributed by atoms with E-state index >= 15 is 0 Å². The van der Waals surface area contributed by atoms with Crippen LogP contribution in [-0.4, -0.2) is 30.7 Å². The first-order chi connectivity index (χ1) is 10.3. The fourth-order valence-electron chi connectivity index (χ4n) is 2.26. The molecule has 1 aliphatic rings. The van der Waals surface area contributed by atoms with E-state index in [0.29, 0.717) is 13.2 Å². The zero-order valence-electron chi connectivity index (χ0n) is 11.9. The van der Waals surface area contributed by atoms with E-state index in [1.807, 2.05) is 30.3 Å². The summed E-state index contributed by atoms with van der Waals surface area (Å²) in [6.07, 6.45) is 3.33. The van der Waals surface area contributed by atoms with Gasteiger partial charge in [-0.3, -0.25) is 10.1 Å². The SMILES string of the molecule is O=C=CC(N[C@H]1CCCCNC1=O)OCc1ccccc1. The molecule has 2 atom stereocenters. The van der Waals surface area contributed by atoms with Gasteiger partial charge in [-0.15, -0.1) is 0 Å². The predicted molar refractivity (Wildman–Crippen MR) is 79.1 cm³/mol. The number of amides is 1. The summed E-state index contributed by atoms with van der Waals surface area (Å²) in [7, 11) is 0. The molecule has 0 bridgehead atoms. The topological polar surface area (TPSA) is 67.4 Å². The molecule has 1 saturated heterocycles. The van der Waals surface area contributed by atoms with Crippen LogP contribution in [0.4, 0.5) is 0 Å². The molecule has 112 valence electrons. The van der Waals surface area contributed by atoms with Crippen LogP contribution >= 0.6 is 0 Å². The van der Waals surface area contributed by atoms with Crippen LogP contribution in [0.5, 0.6) is 0 Å². The van der Waals surface area contributed by atoms with Gasteiger partial charge in [-0.05, 0) is 24.8 Å². The second-order valence-corrected chi connectivity index (χ2v) is 5.01. The normalized spacial score (nSPS) is 20.0. The zero-order chi connectivity index (χ0) is 14.9. The van der Waals surface area contributed by atoms with E-state index < -0.39 is 6.23 Å². The van der Waals surface area contributed by atoms with Gasteiger partial charge in [0.15, 0.2) is 0 Å². The zero-order valence-corrected chi connectivity index (χ0v) is 11.9.